The van der Waals surface area contributed by atoms with Crippen molar-refractivity contribution in [3.05, 3.63) is 29.8 Å². The smallest absolute Gasteiger partial charge is 0.251 e. The molecule has 1 aliphatic carbocycles. The van der Waals surface area contributed by atoms with Crippen LogP contribution in [0.4, 0.5) is 5.69 Å². The fourth-order valence-corrected chi connectivity index (χ4v) is 4.18. The lowest BCUT2D eigenvalue weighted by atomic mass is 9.86. The Morgan fingerprint density at radius 1 is 1.00 bits per heavy atom. The average molecular weight is 424 g/mol. The van der Waals surface area contributed by atoms with Crippen molar-refractivity contribution < 1.29 is 18.0 Å². The molecule has 29 heavy (non-hydrogen) atoms. The van der Waals surface area contributed by atoms with Crippen molar-refractivity contribution in [3.63, 3.8) is 0 Å². The molecule has 7 nitrogen and oxygen atoms in total. The van der Waals surface area contributed by atoms with Gasteiger partial charge >= 0.3 is 0 Å². The number of carbonyl (C=O) groups excluding carboxylic acids is 2. The molecule has 0 aliphatic heterocycles. The number of hydrogen-bond donors (Lipinski definition) is 3. The summed E-state index contributed by atoms with van der Waals surface area (Å²) < 4.78 is 26.7. The van der Waals surface area contributed by atoms with Gasteiger partial charge in [-0.15, -0.1) is 0 Å². The second kappa shape index (κ2) is 9.26. The van der Waals surface area contributed by atoms with E-state index in [-0.39, 0.29) is 29.3 Å². The molecule has 0 atom stereocenters. The predicted molar refractivity (Wildman–Crippen MR) is 115 cm³/mol. The van der Waals surface area contributed by atoms with Gasteiger partial charge in [-0.05, 0) is 84.6 Å². The van der Waals surface area contributed by atoms with E-state index in [1.807, 2.05) is 20.8 Å². The number of benzene rings is 1. The second-order valence-electron chi connectivity index (χ2n) is 9.03. The molecule has 1 aromatic rings. The molecule has 1 aromatic carbocycles. The largest absolute Gasteiger partial charge is 0.347 e. The van der Waals surface area contributed by atoms with Crippen LogP contribution in [0.25, 0.3) is 0 Å². The van der Waals surface area contributed by atoms with Gasteiger partial charge in [0.25, 0.3) is 5.91 Å². The molecule has 0 aromatic heterocycles. The monoisotopic (exact) mass is 423 g/mol. The van der Waals surface area contributed by atoms with Gasteiger partial charge in [0.2, 0.25) is 15.9 Å². The van der Waals surface area contributed by atoms with Crippen LogP contribution in [0.2, 0.25) is 0 Å². The topological polar surface area (TPSA) is 104 Å². The Hall–Kier alpha value is -1.93. The minimum Gasteiger partial charge on any atom is -0.347 e. The Kier molecular flexibility index (Phi) is 7.45. The van der Waals surface area contributed by atoms with Crippen LogP contribution in [0.15, 0.2) is 24.3 Å². The summed E-state index contributed by atoms with van der Waals surface area (Å²) in [5.74, 6) is -0.363. The highest BCUT2D eigenvalue weighted by Crippen LogP contribution is 2.26. The van der Waals surface area contributed by atoms with Crippen LogP contribution in [0.3, 0.4) is 0 Å². The minimum absolute atomic E-state index is 0.0675. The van der Waals surface area contributed by atoms with E-state index in [0.29, 0.717) is 36.9 Å². The summed E-state index contributed by atoms with van der Waals surface area (Å²) in [5.41, 5.74) is 0.868. The zero-order valence-electron chi connectivity index (χ0n) is 17.9. The van der Waals surface area contributed by atoms with Gasteiger partial charge in [0.05, 0.1) is 5.25 Å². The first-order chi connectivity index (χ1) is 13.4. The van der Waals surface area contributed by atoms with Crippen LogP contribution in [0.5, 0.6) is 0 Å². The quantitative estimate of drug-likeness (QED) is 0.654. The fourth-order valence-electron chi connectivity index (χ4n) is 3.20. The molecule has 1 aliphatic rings. The molecule has 0 unspecified atom stereocenters. The molecule has 8 heteroatoms. The summed E-state index contributed by atoms with van der Waals surface area (Å²) in [4.78, 5) is 24.7. The summed E-state index contributed by atoms with van der Waals surface area (Å²) in [5, 5.41) is 5.34. The predicted octanol–water partition coefficient (Wildman–Crippen LogP) is 3.04. The van der Waals surface area contributed by atoms with Crippen molar-refractivity contribution >= 4 is 27.5 Å². The summed E-state index contributed by atoms with van der Waals surface area (Å²) in [6.07, 6.45) is 2.58. The van der Waals surface area contributed by atoms with E-state index in [1.165, 1.54) is 0 Å². The highest BCUT2D eigenvalue weighted by molar-refractivity contribution is 7.90. The van der Waals surface area contributed by atoms with E-state index in [2.05, 4.69) is 15.4 Å². The van der Waals surface area contributed by atoms with Crippen molar-refractivity contribution in [1.82, 2.24) is 10.0 Å². The molecule has 162 valence electrons. The number of amides is 2. The number of carbonyl (C=O) groups is 2. The summed E-state index contributed by atoms with van der Waals surface area (Å²) in [6, 6.07) is 6.71. The maximum atomic E-state index is 12.5. The molecule has 0 saturated heterocycles. The fraction of sp³-hybridized carbons (Fsp3) is 0.619. The standard InChI is InChI=1S/C21H33N3O4S/c1-14(2)29(27,28)24-18-12-8-15(9-13-18)19(25)22-17-10-6-16(7-11-17)20(26)23-21(3,4)5/h6-7,10-11,14-15,18,24H,8-9,12-13H2,1-5H3,(H,22,25)(H,23,26). The SMILES string of the molecule is CC(C)S(=O)(=O)NC1CCC(C(=O)Nc2ccc(C(=O)NC(C)(C)C)cc2)CC1. The van der Waals surface area contributed by atoms with Gasteiger partial charge in [0.1, 0.15) is 0 Å². The van der Waals surface area contributed by atoms with Crippen LogP contribution >= 0.6 is 0 Å². The van der Waals surface area contributed by atoms with Crippen LogP contribution in [-0.4, -0.2) is 37.1 Å². The van der Waals surface area contributed by atoms with E-state index >= 15 is 0 Å². The molecule has 0 heterocycles. The van der Waals surface area contributed by atoms with Gasteiger partial charge in [-0.3, -0.25) is 9.59 Å². The molecular formula is C21H33N3O4S. The number of sulfonamides is 1. The van der Waals surface area contributed by atoms with E-state index in [4.69, 9.17) is 0 Å². The third kappa shape index (κ3) is 7.12. The normalized spacial score (nSPS) is 20.3. The lowest BCUT2D eigenvalue weighted by Gasteiger charge is -2.28. The molecule has 0 bridgehead atoms. The molecule has 0 spiro atoms. The number of hydrogen-bond acceptors (Lipinski definition) is 4. The third-order valence-corrected chi connectivity index (χ3v) is 6.86. The molecular weight excluding hydrogens is 390 g/mol. The van der Waals surface area contributed by atoms with Crippen molar-refractivity contribution in [2.24, 2.45) is 5.92 Å². The van der Waals surface area contributed by atoms with Crippen LogP contribution in [0, 0.1) is 5.92 Å². The molecule has 2 amide bonds. The first-order valence-corrected chi connectivity index (χ1v) is 11.7. The van der Waals surface area contributed by atoms with E-state index in [1.54, 1.807) is 38.1 Å². The number of anilines is 1. The van der Waals surface area contributed by atoms with Crippen molar-refractivity contribution in [2.75, 3.05) is 5.32 Å². The maximum Gasteiger partial charge on any atom is 0.251 e. The zero-order chi connectivity index (χ0) is 21.8. The van der Waals surface area contributed by atoms with Crippen LogP contribution in [0.1, 0.15) is 70.7 Å². The first-order valence-electron chi connectivity index (χ1n) is 10.1. The summed E-state index contributed by atoms with van der Waals surface area (Å²) >= 11 is 0. The molecule has 0 radical (unpaired) electrons. The average Bonchev–Trinajstić information content (AvgIpc) is 2.61. The Labute approximate surface area is 174 Å². The Balaban J connectivity index is 1.86. The first kappa shape index (κ1) is 23.3. The van der Waals surface area contributed by atoms with Gasteiger partial charge < -0.3 is 10.6 Å². The lowest BCUT2D eigenvalue weighted by Crippen LogP contribution is -2.42. The second-order valence-corrected chi connectivity index (χ2v) is 11.3. The van der Waals surface area contributed by atoms with E-state index < -0.39 is 15.3 Å². The van der Waals surface area contributed by atoms with Gasteiger partial charge in [-0.1, -0.05) is 0 Å². The van der Waals surface area contributed by atoms with Crippen molar-refractivity contribution in [1.29, 1.82) is 0 Å². The molecule has 3 N–H and O–H groups in total. The highest BCUT2D eigenvalue weighted by atomic mass is 32.2. The van der Waals surface area contributed by atoms with Crippen molar-refractivity contribution in [3.8, 4) is 0 Å². The zero-order valence-corrected chi connectivity index (χ0v) is 18.7. The number of rotatable bonds is 6. The van der Waals surface area contributed by atoms with E-state index in [9.17, 15) is 18.0 Å². The third-order valence-electron chi connectivity index (χ3n) is 4.95. The highest BCUT2D eigenvalue weighted by Gasteiger charge is 2.29. The van der Waals surface area contributed by atoms with Gasteiger partial charge in [0.15, 0.2) is 0 Å². The van der Waals surface area contributed by atoms with Gasteiger partial charge in [0, 0.05) is 28.7 Å². The lowest BCUT2D eigenvalue weighted by molar-refractivity contribution is -0.120. The number of nitrogens with one attached hydrogen (secondary N) is 3. The molecule has 2 rings (SSSR count). The van der Waals surface area contributed by atoms with E-state index in [0.717, 1.165) is 0 Å². The molecule has 1 fully saturated rings. The van der Waals surface area contributed by atoms with Gasteiger partial charge in [-0.2, -0.15) is 0 Å². The molecule has 1 saturated carbocycles. The Morgan fingerprint density at radius 2 is 1.55 bits per heavy atom. The minimum atomic E-state index is -3.29. The Bertz CT molecular complexity index is 818. The van der Waals surface area contributed by atoms with Crippen molar-refractivity contribution in [2.45, 2.75) is 77.1 Å². The van der Waals surface area contributed by atoms with Crippen LogP contribution < -0.4 is 15.4 Å². The summed E-state index contributed by atoms with van der Waals surface area (Å²) in [6.45, 7) is 9.06. The van der Waals surface area contributed by atoms with Gasteiger partial charge in [-0.25, -0.2) is 13.1 Å². The summed E-state index contributed by atoms with van der Waals surface area (Å²) in [7, 11) is -3.29. The van der Waals surface area contributed by atoms with Crippen LogP contribution in [-0.2, 0) is 14.8 Å². The maximum absolute atomic E-state index is 12.5. The Morgan fingerprint density at radius 3 is 2.03 bits per heavy atom.